The van der Waals surface area contributed by atoms with Crippen molar-refractivity contribution in [2.45, 2.75) is 19.5 Å². The second-order valence-corrected chi connectivity index (χ2v) is 5.86. The van der Waals surface area contributed by atoms with E-state index in [9.17, 15) is 8.78 Å². The normalized spacial score (nSPS) is 12.9. The lowest BCUT2D eigenvalue weighted by molar-refractivity contribution is 0.509. The maximum absolute atomic E-state index is 13.3. The van der Waals surface area contributed by atoms with E-state index in [-0.39, 0.29) is 6.04 Å². The third-order valence-electron chi connectivity index (χ3n) is 3.44. The lowest BCUT2D eigenvalue weighted by Crippen LogP contribution is -2.22. The zero-order valence-electron chi connectivity index (χ0n) is 11.5. The van der Waals surface area contributed by atoms with Gasteiger partial charge in [-0.1, -0.05) is 6.07 Å². The summed E-state index contributed by atoms with van der Waals surface area (Å²) in [5.74, 6) is -1.71. The lowest BCUT2D eigenvalue weighted by atomic mass is 10.2. The molecule has 0 radical (unpaired) electrons. The molecule has 1 aromatic carbocycles. The maximum atomic E-state index is 13.3. The number of hydrogen-bond acceptors (Lipinski definition) is 3. The topological polar surface area (TPSA) is 29.9 Å². The molecule has 2 aromatic heterocycles. The molecule has 0 aliphatic carbocycles. The van der Waals surface area contributed by atoms with Crippen LogP contribution in [0.1, 0.15) is 17.8 Å². The number of nitrogens with one attached hydrogen (secondary N) is 1. The molecule has 3 aromatic rings. The van der Waals surface area contributed by atoms with Crippen molar-refractivity contribution in [1.82, 2.24) is 14.9 Å². The molecular formula is C15H15F2N3S. The Hall–Kier alpha value is -1.79. The fraction of sp³-hybridized carbons (Fsp3) is 0.267. The predicted molar refractivity (Wildman–Crippen MR) is 80.4 cm³/mol. The van der Waals surface area contributed by atoms with Gasteiger partial charge in [0.1, 0.15) is 0 Å². The molecular weight excluding hydrogens is 292 g/mol. The van der Waals surface area contributed by atoms with Gasteiger partial charge in [-0.25, -0.2) is 13.8 Å². The monoisotopic (exact) mass is 307 g/mol. The van der Waals surface area contributed by atoms with Crippen LogP contribution in [-0.4, -0.2) is 16.1 Å². The number of benzene rings is 1. The van der Waals surface area contributed by atoms with Gasteiger partial charge in [0.2, 0.25) is 0 Å². The molecule has 110 valence electrons. The minimum Gasteiger partial charge on any atom is -0.329 e. The Morgan fingerprint density at radius 3 is 2.90 bits per heavy atom. The molecule has 1 unspecified atom stereocenters. The van der Waals surface area contributed by atoms with E-state index in [1.165, 1.54) is 10.9 Å². The van der Waals surface area contributed by atoms with Gasteiger partial charge < -0.3 is 9.88 Å². The Balaban J connectivity index is 1.67. The van der Waals surface area contributed by atoms with Crippen molar-refractivity contribution in [2.75, 3.05) is 6.54 Å². The van der Waals surface area contributed by atoms with E-state index in [4.69, 9.17) is 0 Å². The Morgan fingerprint density at radius 1 is 1.33 bits per heavy atom. The van der Waals surface area contributed by atoms with Crippen molar-refractivity contribution in [3.63, 3.8) is 0 Å². The van der Waals surface area contributed by atoms with Crippen molar-refractivity contribution in [1.29, 1.82) is 0 Å². The van der Waals surface area contributed by atoms with Gasteiger partial charge in [0.25, 0.3) is 0 Å². The summed E-state index contributed by atoms with van der Waals surface area (Å²) in [5.41, 5.74) is 1.08. The highest BCUT2D eigenvalue weighted by Gasteiger charge is 2.10. The zero-order valence-corrected chi connectivity index (χ0v) is 12.3. The van der Waals surface area contributed by atoms with Crippen LogP contribution in [0.3, 0.4) is 0 Å². The molecule has 0 bridgehead atoms. The van der Waals surface area contributed by atoms with E-state index in [0.717, 1.165) is 12.6 Å². The first kappa shape index (κ1) is 14.2. The number of fused-ring (bicyclic) bond motifs is 1. The highest BCUT2D eigenvalue weighted by atomic mass is 32.1. The van der Waals surface area contributed by atoms with Crippen LogP contribution in [0.4, 0.5) is 8.78 Å². The van der Waals surface area contributed by atoms with Crippen molar-refractivity contribution in [3.8, 4) is 0 Å². The molecule has 0 amide bonds. The number of halogens is 2. The lowest BCUT2D eigenvalue weighted by Gasteiger charge is -2.12. The second kappa shape index (κ2) is 5.91. The number of imidazole rings is 1. The van der Waals surface area contributed by atoms with Gasteiger partial charge in [-0.15, -0.1) is 11.3 Å². The van der Waals surface area contributed by atoms with E-state index in [0.29, 0.717) is 17.6 Å². The Kier molecular flexibility index (Phi) is 3.98. The summed E-state index contributed by atoms with van der Waals surface area (Å²) < 4.78 is 28.3. The Morgan fingerprint density at radius 2 is 2.14 bits per heavy atom. The summed E-state index contributed by atoms with van der Waals surface area (Å²) in [6.45, 7) is 3.48. The molecule has 21 heavy (non-hydrogen) atoms. The first-order valence-corrected chi connectivity index (χ1v) is 7.60. The average molecular weight is 307 g/mol. The highest BCUT2D eigenvalue weighted by Crippen LogP contribution is 2.19. The van der Waals surface area contributed by atoms with E-state index < -0.39 is 11.6 Å². The zero-order chi connectivity index (χ0) is 14.8. The number of aromatic nitrogens is 2. The number of rotatable bonds is 5. The van der Waals surface area contributed by atoms with E-state index in [1.54, 1.807) is 17.7 Å². The highest BCUT2D eigenvalue weighted by molar-refractivity contribution is 7.10. The second-order valence-electron chi connectivity index (χ2n) is 4.88. The third kappa shape index (κ3) is 2.96. The summed E-state index contributed by atoms with van der Waals surface area (Å²) >= 11 is 1.71. The molecule has 1 N–H and O–H groups in total. The summed E-state index contributed by atoms with van der Waals surface area (Å²) in [6.07, 6.45) is 1.61. The molecule has 0 saturated heterocycles. The molecule has 0 saturated carbocycles. The minimum atomic E-state index is -0.864. The van der Waals surface area contributed by atoms with Crippen LogP contribution in [0.2, 0.25) is 0 Å². The van der Waals surface area contributed by atoms with E-state index >= 15 is 0 Å². The van der Waals surface area contributed by atoms with Crippen molar-refractivity contribution in [3.05, 3.63) is 52.5 Å². The summed E-state index contributed by atoms with van der Waals surface area (Å²) in [4.78, 5) is 5.38. The molecule has 0 aliphatic heterocycles. The van der Waals surface area contributed by atoms with Crippen molar-refractivity contribution in [2.24, 2.45) is 0 Å². The minimum absolute atomic E-state index is 0.272. The first-order chi connectivity index (χ1) is 10.1. The quantitative estimate of drug-likeness (QED) is 0.778. The molecule has 3 nitrogen and oxygen atoms in total. The summed E-state index contributed by atoms with van der Waals surface area (Å²) in [5, 5.41) is 5.46. The SMILES string of the molecule is CC(NCCn1cnc2cc(F)c(F)cc21)c1cccs1. The van der Waals surface area contributed by atoms with Crippen LogP contribution < -0.4 is 5.32 Å². The predicted octanol–water partition coefficient (Wildman–Crippen LogP) is 3.73. The smallest absolute Gasteiger partial charge is 0.161 e. The number of thiophene rings is 1. The average Bonchev–Trinajstić information content (AvgIpc) is 3.10. The maximum Gasteiger partial charge on any atom is 0.161 e. The van der Waals surface area contributed by atoms with Crippen LogP contribution in [0.15, 0.2) is 36.0 Å². The van der Waals surface area contributed by atoms with Gasteiger partial charge in [-0.2, -0.15) is 0 Å². The van der Waals surface area contributed by atoms with Gasteiger partial charge in [0.05, 0.1) is 17.4 Å². The van der Waals surface area contributed by atoms with Gasteiger partial charge in [-0.3, -0.25) is 0 Å². The fourth-order valence-electron chi connectivity index (χ4n) is 2.27. The van der Waals surface area contributed by atoms with Crippen LogP contribution in [-0.2, 0) is 6.54 Å². The standard InChI is InChI=1S/C15H15F2N3S/c1-10(15-3-2-6-21-15)18-4-5-20-9-19-13-7-11(16)12(17)8-14(13)20/h2-3,6-10,18H,4-5H2,1H3. The van der Waals surface area contributed by atoms with Crippen LogP contribution >= 0.6 is 11.3 Å². The fourth-order valence-corrected chi connectivity index (χ4v) is 3.03. The van der Waals surface area contributed by atoms with Crippen LogP contribution in [0, 0.1) is 11.6 Å². The van der Waals surface area contributed by atoms with Crippen LogP contribution in [0.25, 0.3) is 11.0 Å². The van der Waals surface area contributed by atoms with E-state index in [1.807, 2.05) is 16.0 Å². The summed E-state index contributed by atoms with van der Waals surface area (Å²) in [7, 11) is 0. The molecule has 2 heterocycles. The van der Waals surface area contributed by atoms with E-state index in [2.05, 4.69) is 23.3 Å². The number of hydrogen-bond donors (Lipinski definition) is 1. The van der Waals surface area contributed by atoms with Crippen molar-refractivity contribution >= 4 is 22.4 Å². The molecule has 3 rings (SSSR count). The van der Waals surface area contributed by atoms with Gasteiger partial charge in [-0.05, 0) is 18.4 Å². The van der Waals surface area contributed by atoms with Crippen molar-refractivity contribution < 1.29 is 8.78 Å². The molecule has 6 heteroatoms. The molecule has 0 fully saturated rings. The van der Waals surface area contributed by atoms with Gasteiger partial charge in [0, 0.05) is 36.1 Å². The molecule has 0 aliphatic rings. The summed E-state index contributed by atoms with van der Waals surface area (Å²) in [6, 6.07) is 6.71. The Labute approximate surface area is 125 Å². The van der Waals surface area contributed by atoms with Gasteiger partial charge >= 0.3 is 0 Å². The van der Waals surface area contributed by atoms with Gasteiger partial charge in [0.15, 0.2) is 11.6 Å². The number of nitrogens with zero attached hydrogens (tertiary/aromatic N) is 2. The third-order valence-corrected chi connectivity index (χ3v) is 4.49. The van der Waals surface area contributed by atoms with Crippen LogP contribution in [0.5, 0.6) is 0 Å². The Bertz CT molecular complexity index is 737. The molecule has 0 spiro atoms. The largest absolute Gasteiger partial charge is 0.329 e. The first-order valence-electron chi connectivity index (χ1n) is 6.72. The molecule has 1 atom stereocenters.